The number of nitrogens with zero attached hydrogens (tertiary/aromatic N) is 8. The van der Waals surface area contributed by atoms with Gasteiger partial charge in [-0.25, -0.2) is 4.98 Å². The van der Waals surface area contributed by atoms with Gasteiger partial charge in [-0.1, -0.05) is 0 Å². The molecule has 3 aromatic heterocycles. The molecule has 124 valence electrons. The van der Waals surface area contributed by atoms with Gasteiger partial charge in [0.25, 0.3) is 0 Å². The zero-order chi connectivity index (χ0) is 16.5. The van der Waals surface area contributed by atoms with Gasteiger partial charge >= 0.3 is 0 Å². The van der Waals surface area contributed by atoms with Crippen LogP contribution in [0.1, 0.15) is 0 Å². The largest absolute Gasteiger partial charge is 0.363 e. The Kier molecular flexibility index (Phi) is 3.60. The fraction of sp³-hybridized carbons (Fsp3) is 0.400. The molecule has 9 heteroatoms. The van der Waals surface area contributed by atoms with Crippen LogP contribution in [0, 0.1) is 5.92 Å². The molecule has 4 heterocycles. The lowest BCUT2D eigenvalue weighted by Crippen LogP contribution is -2.50. The molecule has 1 aliphatic rings. The van der Waals surface area contributed by atoms with Gasteiger partial charge in [-0.15, -0.1) is 15.3 Å². The summed E-state index contributed by atoms with van der Waals surface area (Å²) in [6, 6.07) is 5.81. The topological polar surface area (TPSA) is 87.4 Å². The Morgan fingerprint density at radius 3 is 2.96 bits per heavy atom. The van der Waals surface area contributed by atoms with Crippen molar-refractivity contribution in [1.82, 2.24) is 29.8 Å². The van der Waals surface area contributed by atoms with Gasteiger partial charge in [0.1, 0.15) is 18.0 Å². The summed E-state index contributed by atoms with van der Waals surface area (Å²) in [4.78, 5) is 12.9. The van der Waals surface area contributed by atoms with Crippen LogP contribution in [0.5, 0.6) is 0 Å². The zero-order valence-corrected chi connectivity index (χ0v) is 13.7. The van der Waals surface area contributed by atoms with E-state index in [0.717, 1.165) is 36.9 Å². The molecule has 0 bridgehead atoms. The first-order chi connectivity index (χ1) is 11.7. The summed E-state index contributed by atoms with van der Waals surface area (Å²) >= 11 is 0. The first-order valence-corrected chi connectivity index (χ1v) is 7.85. The molecule has 1 saturated heterocycles. The third-order valence-electron chi connectivity index (χ3n) is 4.08. The maximum absolute atomic E-state index is 4.51. The number of hydrogen-bond donors (Lipinski definition) is 1. The average Bonchev–Trinajstić information content (AvgIpc) is 3.01. The van der Waals surface area contributed by atoms with Crippen molar-refractivity contribution in [2.75, 3.05) is 48.8 Å². The molecule has 0 radical (unpaired) electrons. The molecular weight excluding hydrogens is 306 g/mol. The van der Waals surface area contributed by atoms with Gasteiger partial charge in [-0.3, -0.25) is 0 Å². The normalized spacial score (nSPS) is 14.7. The monoisotopic (exact) mass is 325 g/mol. The highest BCUT2D eigenvalue weighted by Crippen LogP contribution is 2.23. The van der Waals surface area contributed by atoms with E-state index in [1.807, 2.05) is 37.2 Å². The molecule has 1 N–H and O–H groups in total. The van der Waals surface area contributed by atoms with Crippen LogP contribution in [0.15, 0.2) is 30.7 Å². The van der Waals surface area contributed by atoms with Gasteiger partial charge in [-0.2, -0.15) is 9.50 Å². The predicted octanol–water partition coefficient (Wildman–Crippen LogP) is 0.529. The highest BCUT2D eigenvalue weighted by atomic mass is 15.4. The summed E-state index contributed by atoms with van der Waals surface area (Å²) in [5.41, 5.74) is 0.760. The Labute approximate surface area is 139 Å². The second-order valence-corrected chi connectivity index (χ2v) is 6.11. The quantitative estimate of drug-likeness (QED) is 0.727. The van der Waals surface area contributed by atoms with E-state index < -0.39 is 0 Å². The third kappa shape index (κ3) is 2.80. The van der Waals surface area contributed by atoms with Crippen molar-refractivity contribution in [3.63, 3.8) is 0 Å². The van der Waals surface area contributed by atoms with Gasteiger partial charge < -0.3 is 15.1 Å². The van der Waals surface area contributed by atoms with Crippen molar-refractivity contribution in [3.8, 4) is 0 Å². The van der Waals surface area contributed by atoms with Gasteiger partial charge in [0.05, 0.1) is 0 Å². The average molecular weight is 325 g/mol. The number of aromatic nitrogens is 6. The fourth-order valence-electron chi connectivity index (χ4n) is 2.69. The molecule has 0 saturated carbocycles. The molecule has 0 atom stereocenters. The summed E-state index contributed by atoms with van der Waals surface area (Å²) in [6.45, 7) is 2.77. The molecule has 1 aliphatic heterocycles. The van der Waals surface area contributed by atoms with Crippen molar-refractivity contribution in [1.29, 1.82) is 0 Å². The third-order valence-corrected chi connectivity index (χ3v) is 4.08. The predicted molar refractivity (Wildman–Crippen MR) is 91.3 cm³/mol. The first kappa shape index (κ1) is 14.6. The standard InChI is InChI=1S/C15H19N9/c1-22(2)12-5-6-16-15(19-12)17-7-11-8-23(9-11)14-4-3-13-20-18-10-24(13)21-14/h3-6,10-11H,7-9H2,1-2H3,(H,16,17,19). The molecule has 0 spiro atoms. The minimum atomic E-state index is 0.551. The van der Waals surface area contributed by atoms with Crippen LogP contribution in [-0.4, -0.2) is 63.5 Å². The Bertz CT molecular complexity index is 838. The molecule has 0 aliphatic carbocycles. The van der Waals surface area contributed by atoms with E-state index in [-0.39, 0.29) is 0 Å². The van der Waals surface area contributed by atoms with E-state index in [4.69, 9.17) is 0 Å². The van der Waals surface area contributed by atoms with Crippen LogP contribution in [0.4, 0.5) is 17.6 Å². The lowest BCUT2D eigenvalue weighted by molar-refractivity contribution is 0.424. The number of nitrogens with one attached hydrogen (secondary N) is 1. The molecule has 1 fully saturated rings. The second kappa shape index (κ2) is 5.91. The van der Waals surface area contributed by atoms with E-state index in [2.05, 4.69) is 35.5 Å². The molecular formula is C15H19N9. The summed E-state index contributed by atoms with van der Waals surface area (Å²) in [5.74, 6) is 3.07. The van der Waals surface area contributed by atoms with Crippen molar-refractivity contribution < 1.29 is 0 Å². The van der Waals surface area contributed by atoms with Crippen LogP contribution in [0.25, 0.3) is 5.65 Å². The van der Waals surface area contributed by atoms with Crippen LogP contribution in [-0.2, 0) is 0 Å². The molecule has 0 amide bonds. The van der Waals surface area contributed by atoms with E-state index >= 15 is 0 Å². The highest BCUT2D eigenvalue weighted by Gasteiger charge is 2.28. The highest BCUT2D eigenvalue weighted by molar-refractivity contribution is 5.47. The maximum atomic E-state index is 4.51. The van der Waals surface area contributed by atoms with Crippen molar-refractivity contribution in [3.05, 3.63) is 30.7 Å². The van der Waals surface area contributed by atoms with E-state index in [9.17, 15) is 0 Å². The number of rotatable bonds is 5. The van der Waals surface area contributed by atoms with Crippen LogP contribution in [0.3, 0.4) is 0 Å². The molecule has 4 rings (SSSR count). The lowest BCUT2D eigenvalue weighted by Gasteiger charge is -2.40. The molecule has 3 aromatic rings. The molecule has 24 heavy (non-hydrogen) atoms. The Hall–Kier alpha value is -2.97. The van der Waals surface area contributed by atoms with E-state index in [0.29, 0.717) is 11.9 Å². The zero-order valence-electron chi connectivity index (χ0n) is 13.7. The van der Waals surface area contributed by atoms with Gasteiger partial charge in [0.15, 0.2) is 5.65 Å². The molecule has 9 nitrogen and oxygen atoms in total. The minimum absolute atomic E-state index is 0.551. The lowest BCUT2D eigenvalue weighted by atomic mass is 10.0. The number of hydrogen-bond acceptors (Lipinski definition) is 8. The van der Waals surface area contributed by atoms with E-state index in [1.54, 1.807) is 17.0 Å². The van der Waals surface area contributed by atoms with Gasteiger partial charge in [0, 0.05) is 45.8 Å². The summed E-state index contributed by atoms with van der Waals surface area (Å²) in [7, 11) is 3.94. The smallest absolute Gasteiger partial charge is 0.224 e. The van der Waals surface area contributed by atoms with Gasteiger partial charge in [0.2, 0.25) is 5.95 Å². The maximum Gasteiger partial charge on any atom is 0.224 e. The van der Waals surface area contributed by atoms with Gasteiger partial charge in [-0.05, 0) is 18.2 Å². The Balaban J connectivity index is 1.32. The first-order valence-electron chi connectivity index (χ1n) is 7.85. The number of anilines is 3. The second-order valence-electron chi connectivity index (χ2n) is 6.11. The SMILES string of the molecule is CN(C)c1ccnc(NCC2CN(c3ccc4nncn4n3)C2)n1. The Morgan fingerprint density at radius 1 is 1.25 bits per heavy atom. The summed E-state index contributed by atoms with van der Waals surface area (Å²) in [6.07, 6.45) is 3.39. The summed E-state index contributed by atoms with van der Waals surface area (Å²) in [5, 5.41) is 15.6. The van der Waals surface area contributed by atoms with E-state index in [1.165, 1.54) is 0 Å². The summed E-state index contributed by atoms with van der Waals surface area (Å²) < 4.78 is 1.70. The number of fused-ring (bicyclic) bond motifs is 1. The van der Waals surface area contributed by atoms with Crippen molar-refractivity contribution in [2.45, 2.75) is 0 Å². The Morgan fingerprint density at radius 2 is 2.12 bits per heavy atom. The van der Waals surface area contributed by atoms with Crippen molar-refractivity contribution in [2.24, 2.45) is 5.92 Å². The van der Waals surface area contributed by atoms with Crippen LogP contribution < -0.4 is 15.1 Å². The molecule has 0 unspecified atom stereocenters. The van der Waals surface area contributed by atoms with Crippen LogP contribution >= 0.6 is 0 Å². The molecule has 0 aromatic carbocycles. The van der Waals surface area contributed by atoms with Crippen LogP contribution in [0.2, 0.25) is 0 Å². The fourth-order valence-corrected chi connectivity index (χ4v) is 2.69. The van der Waals surface area contributed by atoms with Crippen molar-refractivity contribution >= 4 is 23.2 Å². The minimum Gasteiger partial charge on any atom is -0.363 e.